The van der Waals surface area contributed by atoms with Gasteiger partial charge < -0.3 is 9.64 Å². The van der Waals surface area contributed by atoms with Crippen LogP contribution in [0.3, 0.4) is 0 Å². The Balaban J connectivity index is 1.98. The molecule has 0 radical (unpaired) electrons. The fourth-order valence-electron chi connectivity index (χ4n) is 2.63. The van der Waals surface area contributed by atoms with Crippen molar-refractivity contribution in [2.24, 2.45) is 5.92 Å². The minimum absolute atomic E-state index is 0.0647. The number of ether oxygens (including phenoxy) is 1. The van der Waals surface area contributed by atoms with E-state index in [0.29, 0.717) is 11.7 Å². The quantitative estimate of drug-likeness (QED) is 0.812. The van der Waals surface area contributed by atoms with Gasteiger partial charge in [-0.3, -0.25) is 4.79 Å². The predicted molar refractivity (Wildman–Crippen MR) is 97.4 cm³/mol. The van der Waals surface area contributed by atoms with Crippen LogP contribution in [-0.2, 0) is 14.8 Å². The summed E-state index contributed by atoms with van der Waals surface area (Å²) in [4.78, 5) is 14.0. The summed E-state index contributed by atoms with van der Waals surface area (Å²) < 4.78 is 32.2. The molecule has 0 unspecified atom stereocenters. The summed E-state index contributed by atoms with van der Waals surface area (Å²) in [5, 5.41) is 0.159. The van der Waals surface area contributed by atoms with Crippen molar-refractivity contribution >= 4 is 27.5 Å². The van der Waals surface area contributed by atoms with E-state index in [-0.39, 0.29) is 28.5 Å². The van der Waals surface area contributed by atoms with Crippen molar-refractivity contribution < 1.29 is 17.9 Å². The van der Waals surface area contributed by atoms with Crippen molar-refractivity contribution in [3.63, 3.8) is 0 Å². The van der Waals surface area contributed by atoms with Crippen LogP contribution in [0.5, 0.6) is 5.75 Å². The molecular weight excluding hydrogens is 364 g/mol. The largest absolute Gasteiger partial charge is 0.482 e. The lowest BCUT2D eigenvalue weighted by Gasteiger charge is -2.30. The number of hydrogen-bond donors (Lipinski definition) is 1. The Morgan fingerprint density at radius 1 is 1.36 bits per heavy atom. The molecule has 25 heavy (non-hydrogen) atoms. The number of amides is 1. The SMILES string of the molecule is CC1CCN(C(=O)COc2ccc(S(=O)(=O)NC(C)C)cc2Cl)CC1. The van der Waals surface area contributed by atoms with E-state index in [9.17, 15) is 13.2 Å². The summed E-state index contributed by atoms with van der Waals surface area (Å²) >= 11 is 6.12. The number of rotatable bonds is 6. The first-order valence-electron chi connectivity index (χ1n) is 8.41. The topological polar surface area (TPSA) is 75.7 Å². The van der Waals surface area contributed by atoms with Gasteiger partial charge >= 0.3 is 0 Å². The van der Waals surface area contributed by atoms with Crippen molar-refractivity contribution in [2.75, 3.05) is 19.7 Å². The number of halogens is 1. The Bertz CT molecular complexity index is 713. The molecule has 1 saturated heterocycles. The van der Waals surface area contributed by atoms with Crippen LogP contribution in [0.25, 0.3) is 0 Å². The maximum Gasteiger partial charge on any atom is 0.260 e. The highest BCUT2D eigenvalue weighted by molar-refractivity contribution is 7.89. The van der Waals surface area contributed by atoms with E-state index in [4.69, 9.17) is 16.3 Å². The third kappa shape index (κ3) is 5.59. The molecule has 1 aliphatic rings. The van der Waals surface area contributed by atoms with Crippen molar-refractivity contribution in [2.45, 2.75) is 44.6 Å². The number of carbonyl (C=O) groups is 1. The summed E-state index contributed by atoms with van der Waals surface area (Å²) in [5.41, 5.74) is 0. The van der Waals surface area contributed by atoms with Gasteiger partial charge in [0.25, 0.3) is 5.91 Å². The van der Waals surface area contributed by atoms with Gasteiger partial charge in [-0.05, 0) is 50.8 Å². The Morgan fingerprint density at radius 2 is 2.00 bits per heavy atom. The molecule has 8 heteroatoms. The van der Waals surface area contributed by atoms with Gasteiger partial charge in [0.05, 0.1) is 9.92 Å². The molecule has 1 aromatic carbocycles. The van der Waals surface area contributed by atoms with Crippen LogP contribution in [0.1, 0.15) is 33.6 Å². The first-order valence-corrected chi connectivity index (χ1v) is 10.3. The Morgan fingerprint density at radius 3 is 2.56 bits per heavy atom. The van der Waals surface area contributed by atoms with Crippen LogP contribution < -0.4 is 9.46 Å². The molecule has 0 bridgehead atoms. The third-order valence-corrected chi connectivity index (χ3v) is 6.04. The molecule has 0 spiro atoms. The molecule has 1 amide bonds. The number of hydrogen-bond acceptors (Lipinski definition) is 4. The van der Waals surface area contributed by atoms with Gasteiger partial charge in [-0.15, -0.1) is 0 Å². The van der Waals surface area contributed by atoms with E-state index < -0.39 is 10.0 Å². The number of carbonyl (C=O) groups excluding carboxylic acids is 1. The van der Waals surface area contributed by atoms with Gasteiger partial charge in [0.2, 0.25) is 10.0 Å². The number of nitrogens with zero attached hydrogens (tertiary/aromatic N) is 1. The maximum absolute atomic E-state index is 12.2. The van der Waals surface area contributed by atoms with Crippen molar-refractivity contribution in [1.82, 2.24) is 9.62 Å². The van der Waals surface area contributed by atoms with Crippen molar-refractivity contribution in [3.8, 4) is 5.75 Å². The highest BCUT2D eigenvalue weighted by Gasteiger charge is 2.21. The first-order chi connectivity index (χ1) is 11.7. The highest BCUT2D eigenvalue weighted by Crippen LogP contribution is 2.27. The van der Waals surface area contributed by atoms with Crippen LogP contribution in [0, 0.1) is 5.92 Å². The number of benzene rings is 1. The molecular formula is C17H25ClN2O4S. The summed E-state index contributed by atoms with van der Waals surface area (Å²) in [6.45, 7) is 7.05. The van der Waals surface area contributed by atoms with E-state index in [1.807, 2.05) is 0 Å². The zero-order valence-electron chi connectivity index (χ0n) is 14.8. The smallest absolute Gasteiger partial charge is 0.260 e. The lowest BCUT2D eigenvalue weighted by molar-refractivity contribution is -0.134. The van der Waals surface area contributed by atoms with E-state index >= 15 is 0 Å². The van der Waals surface area contributed by atoms with Gasteiger partial charge in [-0.25, -0.2) is 13.1 Å². The molecule has 6 nitrogen and oxygen atoms in total. The van der Waals surface area contributed by atoms with Crippen LogP contribution in [-0.4, -0.2) is 45.0 Å². The van der Waals surface area contributed by atoms with E-state index in [1.165, 1.54) is 18.2 Å². The standard InChI is InChI=1S/C17H25ClN2O4S/c1-12(2)19-25(22,23)14-4-5-16(15(18)10-14)24-11-17(21)20-8-6-13(3)7-9-20/h4-5,10,12-13,19H,6-9,11H2,1-3H3. The van der Waals surface area contributed by atoms with Gasteiger partial charge in [-0.2, -0.15) is 0 Å². The van der Waals surface area contributed by atoms with E-state index in [2.05, 4.69) is 11.6 Å². The number of likely N-dealkylation sites (tertiary alicyclic amines) is 1. The third-order valence-electron chi connectivity index (χ3n) is 4.09. The maximum atomic E-state index is 12.2. The summed E-state index contributed by atoms with van der Waals surface area (Å²) in [6.07, 6.45) is 2.00. The zero-order chi connectivity index (χ0) is 18.6. The molecule has 1 heterocycles. The molecule has 0 saturated carbocycles. The van der Waals surface area contributed by atoms with E-state index in [1.54, 1.807) is 18.7 Å². The number of nitrogens with one attached hydrogen (secondary N) is 1. The van der Waals surface area contributed by atoms with E-state index in [0.717, 1.165) is 25.9 Å². The first kappa shape index (κ1) is 20.0. The number of piperidine rings is 1. The second kappa shape index (κ2) is 8.38. The van der Waals surface area contributed by atoms with Gasteiger partial charge in [0.1, 0.15) is 5.75 Å². The molecule has 0 atom stereocenters. The minimum atomic E-state index is -3.62. The minimum Gasteiger partial charge on any atom is -0.482 e. The fraction of sp³-hybridized carbons (Fsp3) is 0.588. The van der Waals surface area contributed by atoms with Crippen molar-refractivity contribution in [1.29, 1.82) is 0 Å². The highest BCUT2D eigenvalue weighted by atomic mass is 35.5. The molecule has 1 aromatic rings. The second-order valence-electron chi connectivity index (χ2n) is 6.72. The zero-order valence-corrected chi connectivity index (χ0v) is 16.4. The summed E-state index contributed by atoms with van der Waals surface area (Å²) in [5.74, 6) is 0.860. The van der Waals surface area contributed by atoms with Crippen molar-refractivity contribution in [3.05, 3.63) is 23.2 Å². The lowest BCUT2D eigenvalue weighted by atomic mass is 9.99. The predicted octanol–water partition coefficient (Wildman–Crippen LogP) is 2.66. The van der Waals surface area contributed by atoms with Crippen LogP contribution >= 0.6 is 11.6 Å². The average molecular weight is 389 g/mol. The molecule has 0 aliphatic carbocycles. The molecule has 0 aromatic heterocycles. The normalized spacial score (nSPS) is 16.3. The Kier molecular flexibility index (Phi) is 6.71. The fourth-order valence-corrected chi connectivity index (χ4v) is 4.21. The lowest BCUT2D eigenvalue weighted by Crippen LogP contribution is -2.40. The summed E-state index contributed by atoms with van der Waals surface area (Å²) in [6, 6.07) is 4.00. The monoisotopic (exact) mass is 388 g/mol. The Labute approximate surface area is 154 Å². The average Bonchev–Trinajstić information content (AvgIpc) is 2.52. The van der Waals surface area contributed by atoms with Crippen LogP contribution in [0.15, 0.2) is 23.1 Å². The van der Waals surface area contributed by atoms with Gasteiger partial charge in [0, 0.05) is 19.1 Å². The molecule has 140 valence electrons. The number of sulfonamides is 1. The van der Waals surface area contributed by atoms with Crippen LogP contribution in [0.2, 0.25) is 5.02 Å². The van der Waals surface area contributed by atoms with Gasteiger partial charge in [-0.1, -0.05) is 18.5 Å². The second-order valence-corrected chi connectivity index (χ2v) is 8.84. The molecule has 1 aliphatic heterocycles. The molecule has 1 fully saturated rings. The summed E-state index contributed by atoms with van der Waals surface area (Å²) in [7, 11) is -3.62. The van der Waals surface area contributed by atoms with Crippen LogP contribution in [0.4, 0.5) is 0 Å². The Hall–Kier alpha value is -1.31. The molecule has 1 N–H and O–H groups in total. The molecule has 2 rings (SSSR count). The van der Waals surface area contributed by atoms with Gasteiger partial charge in [0.15, 0.2) is 6.61 Å².